The van der Waals surface area contributed by atoms with Gasteiger partial charge in [-0.3, -0.25) is 4.68 Å². The van der Waals surface area contributed by atoms with Gasteiger partial charge in [-0.1, -0.05) is 0 Å². The highest BCUT2D eigenvalue weighted by molar-refractivity contribution is 5.44. The van der Waals surface area contributed by atoms with Crippen LogP contribution < -0.4 is 5.32 Å². The highest BCUT2D eigenvalue weighted by Gasteiger charge is 2.32. The molecule has 0 amide bonds. The van der Waals surface area contributed by atoms with Gasteiger partial charge in [-0.25, -0.2) is 4.98 Å². The van der Waals surface area contributed by atoms with E-state index in [1.807, 2.05) is 33.6 Å². The maximum atomic E-state index is 10.4. The SMILES string of the molecule is N#Cc1ccc2ncc(CN[C@@H]3CC(Cn4cccn4)C[C@H]3O)n2c1. The molecule has 25 heavy (non-hydrogen) atoms. The summed E-state index contributed by atoms with van der Waals surface area (Å²) in [5, 5.41) is 27.1. The molecule has 128 valence electrons. The zero-order valence-corrected chi connectivity index (χ0v) is 13.8. The van der Waals surface area contributed by atoms with Crippen molar-refractivity contribution in [1.82, 2.24) is 24.5 Å². The first-order chi connectivity index (χ1) is 12.2. The van der Waals surface area contributed by atoms with E-state index in [9.17, 15) is 5.11 Å². The van der Waals surface area contributed by atoms with E-state index in [0.717, 1.165) is 30.7 Å². The number of imidazole rings is 1. The summed E-state index contributed by atoms with van der Waals surface area (Å²) in [5.74, 6) is 0.416. The Kier molecular flexibility index (Phi) is 4.22. The fraction of sp³-hybridized carbons (Fsp3) is 0.389. The molecule has 0 saturated heterocycles. The summed E-state index contributed by atoms with van der Waals surface area (Å²) in [4.78, 5) is 4.36. The van der Waals surface area contributed by atoms with Crippen molar-refractivity contribution in [2.75, 3.05) is 0 Å². The summed E-state index contributed by atoms with van der Waals surface area (Å²) in [5.41, 5.74) is 2.40. The summed E-state index contributed by atoms with van der Waals surface area (Å²) in [7, 11) is 0. The van der Waals surface area contributed by atoms with Crippen LogP contribution in [0.25, 0.3) is 5.65 Å². The number of pyridine rings is 1. The van der Waals surface area contributed by atoms with Crippen LogP contribution in [0.5, 0.6) is 0 Å². The lowest BCUT2D eigenvalue weighted by atomic mass is 10.1. The number of aromatic nitrogens is 4. The minimum absolute atomic E-state index is 0.0604. The van der Waals surface area contributed by atoms with Gasteiger partial charge in [0.2, 0.25) is 0 Å². The molecule has 0 aromatic carbocycles. The Hall–Kier alpha value is -2.69. The third kappa shape index (κ3) is 3.27. The fourth-order valence-corrected chi connectivity index (χ4v) is 3.62. The summed E-state index contributed by atoms with van der Waals surface area (Å²) in [6, 6.07) is 7.73. The summed E-state index contributed by atoms with van der Waals surface area (Å²) in [6.07, 6.45) is 8.69. The van der Waals surface area contributed by atoms with E-state index in [0.29, 0.717) is 18.0 Å². The van der Waals surface area contributed by atoms with Gasteiger partial charge in [0.05, 0.1) is 23.6 Å². The minimum Gasteiger partial charge on any atom is -0.391 e. The Morgan fingerprint density at radius 3 is 3.08 bits per heavy atom. The molecule has 1 unspecified atom stereocenters. The van der Waals surface area contributed by atoms with Crippen molar-refractivity contribution in [2.24, 2.45) is 5.92 Å². The average Bonchev–Trinajstić information content (AvgIpc) is 3.34. The molecule has 7 heteroatoms. The van der Waals surface area contributed by atoms with E-state index < -0.39 is 0 Å². The van der Waals surface area contributed by atoms with Crippen LogP contribution in [0.4, 0.5) is 0 Å². The van der Waals surface area contributed by atoms with Gasteiger partial charge in [0.15, 0.2) is 0 Å². The lowest BCUT2D eigenvalue weighted by molar-refractivity contribution is 0.145. The third-order valence-corrected chi connectivity index (χ3v) is 4.89. The molecule has 0 bridgehead atoms. The number of aliphatic hydroxyl groups is 1. The maximum absolute atomic E-state index is 10.4. The molecule has 4 rings (SSSR count). The highest BCUT2D eigenvalue weighted by atomic mass is 16.3. The molecule has 1 fully saturated rings. The second-order valence-corrected chi connectivity index (χ2v) is 6.63. The smallest absolute Gasteiger partial charge is 0.137 e. The first kappa shape index (κ1) is 15.8. The molecular weight excluding hydrogens is 316 g/mol. The lowest BCUT2D eigenvalue weighted by Crippen LogP contribution is -2.35. The summed E-state index contributed by atoms with van der Waals surface area (Å²) >= 11 is 0. The molecule has 1 saturated carbocycles. The van der Waals surface area contributed by atoms with Gasteiger partial charge in [-0.05, 0) is 37.0 Å². The molecule has 1 aliphatic carbocycles. The van der Waals surface area contributed by atoms with Crippen molar-refractivity contribution in [3.63, 3.8) is 0 Å². The number of hydrogen-bond acceptors (Lipinski definition) is 5. The number of nitriles is 1. The van der Waals surface area contributed by atoms with Crippen molar-refractivity contribution in [3.8, 4) is 6.07 Å². The number of nitrogens with zero attached hydrogens (tertiary/aromatic N) is 5. The van der Waals surface area contributed by atoms with Gasteiger partial charge in [-0.2, -0.15) is 10.4 Å². The zero-order chi connectivity index (χ0) is 17.2. The van der Waals surface area contributed by atoms with Gasteiger partial charge in [-0.15, -0.1) is 0 Å². The molecule has 3 aromatic rings. The monoisotopic (exact) mass is 336 g/mol. The topological polar surface area (TPSA) is 91.2 Å². The van der Waals surface area contributed by atoms with Gasteiger partial charge < -0.3 is 14.8 Å². The Bertz CT molecular complexity index is 894. The predicted octanol–water partition coefficient (Wildman–Crippen LogP) is 1.33. The average molecular weight is 336 g/mol. The molecule has 0 spiro atoms. The predicted molar refractivity (Wildman–Crippen MR) is 91.5 cm³/mol. The Balaban J connectivity index is 1.40. The number of nitrogens with one attached hydrogen (secondary N) is 1. The zero-order valence-electron chi connectivity index (χ0n) is 13.8. The first-order valence-corrected chi connectivity index (χ1v) is 8.48. The first-order valence-electron chi connectivity index (χ1n) is 8.48. The number of aliphatic hydroxyl groups excluding tert-OH is 1. The van der Waals surface area contributed by atoms with Crippen molar-refractivity contribution in [1.29, 1.82) is 5.26 Å². The Morgan fingerprint density at radius 2 is 2.28 bits per heavy atom. The van der Waals surface area contributed by atoms with Crippen molar-refractivity contribution >= 4 is 5.65 Å². The largest absolute Gasteiger partial charge is 0.391 e. The molecule has 3 atom stereocenters. The number of fused-ring (bicyclic) bond motifs is 1. The van der Waals surface area contributed by atoms with Crippen LogP contribution in [-0.4, -0.2) is 36.4 Å². The summed E-state index contributed by atoms with van der Waals surface area (Å²) < 4.78 is 3.85. The van der Waals surface area contributed by atoms with Gasteiger partial charge in [0.1, 0.15) is 11.7 Å². The molecule has 2 N–H and O–H groups in total. The molecule has 0 aliphatic heterocycles. The Morgan fingerprint density at radius 1 is 1.36 bits per heavy atom. The second kappa shape index (κ2) is 6.67. The maximum Gasteiger partial charge on any atom is 0.137 e. The van der Waals surface area contributed by atoms with Crippen molar-refractivity contribution < 1.29 is 5.11 Å². The van der Waals surface area contributed by atoms with E-state index in [1.165, 1.54) is 0 Å². The van der Waals surface area contributed by atoms with E-state index in [4.69, 9.17) is 5.26 Å². The molecule has 7 nitrogen and oxygen atoms in total. The molecule has 0 radical (unpaired) electrons. The summed E-state index contributed by atoms with van der Waals surface area (Å²) in [6.45, 7) is 1.44. The van der Waals surface area contributed by atoms with E-state index in [2.05, 4.69) is 21.5 Å². The third-order valence-electron chi connectivity index (χ3n) is 4.89. The van der Waals surface area contributed by atoms with Crippen LogP contribution in [-0.2, 0) is 13.1 Å². The Labute approximate surface area is 145 Å². The number of hydrogen-bond donors (Lipinski definition) is 2. The van der Waals surface area contributed by atoms with Crippen molar-refractivity contribution in [3.05, 3.63) is 54.2 Å². The van der Waals surface area contributed by atoms with Crippen LogP contribution in [0.1, 0.15) is 24.1 Å². The fourth-order valence-electron chi connectivity index (χ4n) is 3.62. The quantitative estimate of drug-likeness (QED) is 0.733. The van der Waals surface area contributed by atoms with Gasteiger partial charge in [0, 0.05) is 37.7 Å². The normalized spacial score (nSPS) is 23.1. The van der Waals surface area contributed by atoms with Gasteiger partial charge in [0.25, 0.3) is 0 Å². The van der Waals surface area contributed by atoms with Crippen LogP contribution in [0, 0.1) is 17.2 Å². The highest BCUT2D eigenvalue weighted by Crippen LogP contribution is 2.27. The van der Waals surface area contributed by atoms with Crippen LogP contribution in [0.15, 0.2) is 43.0 Å². The lowest BCUT2D eigenvalue weighted by Gasteiger charge is -2.16. The number of rotatable bonds is 5. The van der Waals surface area contributed by atoms with Crippen LogP contribution in [0.3, 0.4) is 0 Å². The molecule has 3 heterocycles. The van der Waals surface area contributed by atoms with Crippen LogP contribution in [0.2, 0.25) is 0 Å². The van der Waals surface area contributed by atoms with Gasteiger partial charge >= 0.3 is 0 Å². The van der Waals surface area contributed by atoms with Crippen LogP contribution >= 0.6 is 0 Å². The minimum atomic E-state index is -0.352. The van der Waals surface area contributed by atoms with E-state index in [1.54, 1.807) is 18.5 Å². The second-order valence-electron chi connectivity index (χ2n) is 6.63. The van der Waals surface area contributed by atoms with E-state index in [-0.39, 0.29) is 12.1 Å². The molecule has 3 aromatic heterocycles. The standard InChI is InChI=1S/C18H20N6O/c19-8-13-2-3-18-21-10-15(24(18)12-13)9-20-16-6-14(7-17(16)25)11-23-5-1-4-22-23/h1-5,10,12,14,16-17,20,25H,6-7,9,11H2/t14?,16-,17-/m1/s1. The molecule has 1 aliphatic rings. The van der Waals surface area contributed by atoms with E-state index >= 15 is 0 Å². The van der Waals surface area contributed by atoms with Crippen molar-refractivity contribution in [2.45, 2.75) is 38.1 Å². The molecular formula is C18H20N6O.